The van der Waals surface area contributed by atoms with Crippen molar-refractivity contribution in [2.45, 2.75) is 20.0 Å². The summed E-state index contributed by atoms with van der Waals surface area (Å²) in [7, 11) is 1.94. The van der Waals surface area contributed by atoms with Gasteiger partial charge < -0.3 is 15.5 Å². The molecule has 3 rings (SSSR count). The van der Waals surface area contributed by atoms with Crippen LogP contribution in [0.2, 0.25) is 0 Å². The second-order valence-corrected chi connectivity index (χ2v) is 6.04. The molecule has 0 radical (unpaired) electrons. The highest BCUT2D eigenvalue weighted by molar-refractivity contribution is 5.79. The van der Waals surface area contributed by atoms with Gasteiger partial charge in [-0.3, -0.25) is 4.68 Å². The van der Waals surface area contributed by atoms with Crippen molar-refractivity contribution in [1.29, 1.82) is 0 Å². The molecule has 0 fully saturated rings. The van der Waals surface area contributed by atoms with Crippen molar-refractivity contribution in [3.8, 4) is 0 Å². The van der Waals surface area contributed by atoms with E-state index in [4.69, 9.17) is 4.99 Å². The smallest absolute Gasteiger partial charge is 0.191 e. The van der Waals surface area contributed by atoms with Gasteiger partial charge >= 0.3 is 0 Å². The van der Waals surface area contributed by atoms with Gasteiger partial charge in [0.25, 0.3) is 0 Å². The molecule has 6 heteroatoms. The second-order valence-electron chi connectivity index (χ2n) is 6.04. The SMILES string of the molecule is CCNC(=NCc1cccc(N2CC=CC2)c1)NCc1ccnn1C. The zero-order valence-corrected chi connectivity index (χ0v) is 14.9. The maximum atomic E-state index is 4.71. The molecule has 2 aromatic rings. The number of rotatable bonds is 6. The molecule has 1 aliphatic rings. The number of aromatic nitrogens is 2. The van der Waals surface area contributed by atoms with Crippen LogP contribution in [0.1, 0.15) is 18.2 Å². The van der Waals surface area contributed by atoms with Gasteiger partial charge in [-0.25, -0.2) is 4.99 Å². The zero-order chi connectivity index (χ0) is 17.5. The average molecular weight is 338 g/mol. The lowest BCUT2D eigenvalue weighted by molar-refractivity contribution is 0.685. The molecule has 25 heavy (non-hydrogen) atoms. The Balaban J connectivity index is 1.62. The minimum Gasteiger partial charge on any atom is -0.364 e. The summed E-state index contributed by atoms with van der Waals surface area (Å²) in [5, 5.41) is 10.8. The molecule has 0 unspecified atom stereocenters. The number of guanidine groups is 1. The van der Waals surface area contributed by atoms with Gasteiger partial charge in [-0.15, -0.1) is 0 Å². The summed E-state index contributed by atoms with van der Waals surface area (Å²) in [6.07, 6.45) is 6.21. The highest BCUT2D eigenvalue weighted by Gasteiger charge is 2.08. The number of anilines is 1. The molecular weight excluding hydrogens is 312 g/mol. The van der Waals surface area contributed by atoms with Crippen LogP contribution >= 0.6 is 0 Å². The highest BCUT2D eigenvalue weighted by Crippen LogP contribution is 2.18. The van der Waals surface area contributed by atoms with Gasteiger partial charge in [0.1, 0.15) is 0 Å². The first kappa shape index (κ1) is 17.1. The minimum atomic E-state index is 0.649. The first-order valence-corrected chi connectivity index (χ1v) is 8.74. The fourth-order valence-corrected chi connectivity index (χ4v) is 2.80. The number of nitrogens with zero attached hydrogens (tertiary/aromatic N) is 4. The van der Waals surface area contributed by atoms with E-state index in [1.54, 1.807) is 6.20 Å². The first-order valence-electron chi connectivity index (χ1n) is 8.74. The van der Waals surface area contributed by atoms with E-state index in [1.807, 2.05) is 17.8 Å². The Morgan fingerprint density at radius 3 is 2.76 bits per heavy atom. The molecule has 0 bridgehead atoms. The molecule has 1 aromatic heterocycles. The van der Waals surface area contributed by atoms with Gasteiger partial charge in [0.15, 0.2) is 5.96 Å². The molecule has 0 spiro atoms. The minimum absolute atomic E-state index is 0.649. The van der Waals surface area contributed by atoms with Crippen LogP contribution in [0.15, 0.2) is 53.7 Å². The van der Waals surface area contributed by atoms with Gasteiger partial charge in [0.2, 0.25) is 0 Å². The van der Waals surface area contributed by atoms with E-state index in [0.717, 1.165) is 31.3 Å². The molecule has 1 aromatic carbocycles. The van der Waals surface area contributed by atoms with E-state index >= 15 is 0 Å². The lowest BCUT2D eigenvalue weighted by atomic mass is 10.2. The summed E-state index contributed by atoms with van der Waals surface area (Å²) in [5.74, 6) is 0.817. The van der Waals surface area contributed by atoms with E-state index in [2.05, 4.69) is 64.0 Å². The van der Waals surface area contributed by atoms with Crippen molar-refractivity contribution >= 4 is 11.6 Å². The van der Waals surface area contributed by atoms with E-state index in [9.17, 15) is 0 Å². The van der Waals surface area contributed by atoms with Gasteiger partial charge in [0, 0.05) is 38.6 Å². The number of nitrogens with one attached hydrogen (secondary N) is 2. The normalized spacial score (nSPS) is 14.2. The van der Waals surface area contributed by atoms with E-state index < -0.39 is 0 Å². The van der Waals surface area contributed by atoms with Crippen LogP contribution in [0.5, 0.6) is 0 Å². The molecule has 0 aliphatic carbocycles. The van der Waals surface area contributed by atoms with Crippen molar-refractivity contribution in [2.24, 2.45) is 12.0 Å². The third kappa shape index (κ3) is 4.62. The van der Waals surface area contributed by atoms with Gasteiger partial charge in [-0.1, -0.05) is 24.3 Å². The van der Waals surface area contributed by atoms with Crippen molar-refractivity contribution in [1.82, 2.24) is 20.4 Å². The third-order valence-electron chi connectivity index (χ3n) is 4.22. The Labute approximate surface area is 149 Å². The Morgan fingerprint density at radius 2 is 2.04 bits per heavy atom. The maximum absolute atomic E-state index is 4.71. The predicted molar refractivity (Wildman–Crippen MR) is 103 cm³/mol. The molecule has 132 valence electrons. The monoisotopic (exact) mass is 338 g/mol. The number of hydrogen-bond acceptors (Lipinski definition) is 3. The molecule has 0 atom stereocenters. The lowest BCUT2D eigenvalue weighted by Crippen LogP contribution is -2.37. The maximum Gasteiger partial charge on any atom is 0.191 e. The van der Waals surface area contributed by atoms with Crippen molar-refractivity contribution in [2.75, 3.05) is 24.5 Å². The molecule has 1 aliphatic heterocycles. The van der Waals surface area contributed by atoms with Crippen molar-refractivity contribution < 1.29 is 0 Å². The number of hydrogen-bond donors (Lipinski definition) is 2. The Kier molecular flexibility index (Phi) is 5.72. The van der Waals surface area contributed by atoms with Gasteiger partial charge in [-0.2, -0.15) is 5.10 Å². The van der Waals surface area contributed by atoms with Crippen LogP contribution in [0, 0.1) is 0 Å². The van der Waals surface area contributed by atoms with E-state index in [-0.39, 0.29) is 0 Å². The lowest BCUT2D eigenvalue weighted by Gasteiger charge is -2.18. The summed E-state index contributed by atoms with van der Waals surface area (Å²) in [5.41, 5.74) is 3.59. The Bertz CT molecular complexity index is 738. The third-order valence-corrected chi connectivity index (χ3v) is 4.22. The second kappa shape index (κ2) is 8.37. The number of aliphatic imine (C=N–C) groups is 1. The molecule has 0 amide bonds. The summed E-state index contributed by atoms with van der Waals surface area (Å²) in [6, 6.07) is 10.6. The number of benzene rings is 1. The van der Waals surface area contributed by atoms with Crippen molar-refractivity contribution in [3.05, 3.63) is 59.9 Å². The Morgan fingerprint density at radius 1 is 1.20 bits per heavy atom. The summed E-state index contributed by atoms with van der Waals surface area (Å²) >= 11 is 0. The topological polar surface area (TPSA) is 57.5 Å². The standard InChI is InChI=1S/C19H26N6/c1-3-20-19(22-15-18-9-10-23-24(18)2)21-14-16-7-6-8-17(13-16)25-11-4-5-12-25/h4-10,13H,3,11-12,14-15H2,1-2H3,(H2,20,21,22). The summed E-state index contributed by atoms with van der Waals surface area (Å²) in [6.45, 7) is 6.22. The molecule has 6 nitrogen and oxygen atoms in total. The van der Waals surface area contributed by atoms with Crippen LogP contribution in [0.4, 0.5) is 5.69 Å². The van der Waals surface area contributed by atoms with Crippen molar-refractivity contribution in [3.63, 3.8) is 0 Å². The number of aryl methyl sites for hydroxylation is 1. The molecule has 0 saturated heterocycles. The predicted octanol–water partition coefficient (Wildman–Crippen LogP) is 2.05. The van der Waals surface area contributed by atoms with Crippen LogP contribution in [0.3, 0.4) is 0 Å². The fraction of sp³-hybridized carbons (Fsp3) is 0.368. The zero-order valence-electron chi connectivity index (χ0n) is 14.9. The van der Waals surface area contributed by atoms with Crippen LogP contribution in [-0.2, 0) is 20.1 Å². The molecule has 2 N–H and O–H groups in total. The van der Waals surface area contributed by atoms with E-state index in [0.29, 0.717) is 13.1 Å². The first-order chi connectivity index (χ1) is 12.3. The Hall–Kier alpha value is -2.76. The summed E-state index contributed by atoms with van der Waals surface area (Å²) < 4.78 is 1.87. The molecule has 0 saturated carbocycles. The molecule has 2 heterocycles. The largest absolute Gasteiger partial charge is 0.364 e. The summed E-state index contributed by atoms with van der Waals surface area (Å²) in [4.78, 5) is 7.06. The average Bonchev–Trinajstić information content (AvgIpc) is 3.29. The fourth-order valence-electron chi connectivity index (χ4n) is 2.80. The van der Waals surface area contributed by atoms with Gasteiger partial charge in [-0.05, 0) is 30.7 Å². The molecular formula is C19H26N6. The van der Waals surface area contributed by atoms with Crippen LogP contribution < -0.4 is 15.5 Å². The van der Waals surface area contributed by atoms with Gasteiger partial charge in [0.05, 0.1) is 18.8 Å². The van der Waals surface area contributed by atoms with Crippen LogP contribution in [-0.4, -0.2) is 35.4 Å². The van der Waals surface area contributed by atoms with Crippen LogP contribution in [0.25, 0.3) is 0 Å². The highest BCUT2D eigenvalue weighted by atomic mass is 15.3. The quantitative estimate of drug-likeness (QED) is 0.481. The van der Waals surface area contributed by atoms with E-state index in [1.165, 1.54) is 11.3 Å².